The Morgan fingerprint density at radius 3 is 2.58 bits per heavy atom. The number of hydrogen-bond acceptors (Lipinski definition) is 4. The van der Waals surface area contributed by atoms with Crippen LogP contribution in [0, 0.1) is 5.92 Å². The lowest BCUT2D eigenvalue weighted by atomic mass is 10.1. The van der Waals surface area contributed by atoms with E-state index < -0.39 is 0 Å². The zero-order valence-electron chi connectivity index (χ0n) is 15.5. The molecule has 0 spiro atoms. The van der Waals surface area contributed by atoms with Crippen LogP contribution in [0.25, 0.3) is 0 Å². The van der Waals surface area contributed by atoms with Crippen molar-refractivity contribution in [2.45, 2.75) is 45.1 Å². The summed E-state index contributed by atoms with van der Waals surface area (Å²) in [7, 11) is 1.73. The average molecular weight is 341 g/mol. The monoisotopic (exact) mass is 341 g/mol. The Morgan fingerprint density at radius 1 is 1.12 bits per heavy atom. The Bertz CT molecular complexity index is 353. The third-order valence-corrected chi connectivity index (χ3v) is 4.47. The van der Waals surface area contributed by atoms with Crippen LogP contribution in [0.15, 0.2) is 4.99 Å². The molecule has 1 aliphatic carbocycles. The van der Waals surface area contributed by atoms with Crippen LogP contribution in [0.5, 0.6) is 0 Å². The molecule has 1 heterocycles. The van der Waals surface area contributed by atoms with Gasteiger partial charge < -0.3 is 24.4 Å². The van der Waals surface area contributed by atoms with Gasteiger partial charge in [0.05, 0.1) is 19.3 Å². The predicted molar refractivity (Wildman–Crippen MR) is 96.6 cm³/mol. The minimum atomic E-state index is 0.378. The second kappa shape index (κ2) is 11.7. The van der Waals surface area contributed by atoms with Gasteiger partial charge in [-0.15, -0.1) is 0 Å². The first-order valence-corrected chi connectivity index (χ1v) is 9.55. The van der Waals surface area contributed by atoms with E-state index in [0.29, 0.717) is 6.10 Å². The number of nitrogens with zero attached hydrogens (tertiary/aromatic N) is 2. The molecule has 0 amide bonds. The fraction of sp³-hybridized carbons (Fsp3) is 0.944. The molecule has 0 aromatic heterocycles. The molecule has 0 aromatic rings. The van der Waals surface area contributed by atoms with E-state index in [4.69, 9.17) is 19.2 Å². The number of hydrogen-bond donors (Lipinski definition) is 1. The number of rotatable bonds is 11. The largest absolute Gasteiger partial charge is 0.385 e. The molecule has 1 N–H and O–H groups in total. The molecule has 2 fully saturated rings. The van der Waals surface area contributed by atoms with E-state index >= 15 is 0 Å². The molecule has 140 valence electrons. The first-order valence-electron chi connectivity index (χ1n) is 9.55. The van der Waals surface area contributed by atoms with Crippen LogP contribution >= 0.6 is 0 Å². The maximum absolute atomic E-state index is 5.93. The lowest BCUT2D eigenvalue weighted by Gasteiger charge is -2.34. The summed E-state index contributed by atoms with van der Waals surface area (Å²) in [6, 6.07) is 0. The fourth-order valence-electron chi connectivity index (χ4n) is 2.86. The Balaban J connectivity index is 1.63. The van der Waals surface area contributed by atoms with Crippen molar-refractivity contribution in [2.24, 2.45) is 10.9 Å². The number of guanidine groups is 1. The van der Waals surface area contributed by atoms with Gasteiger partial charge in [0, 0.05) is 46.6 Å². The number of methoxy groups -OCH3 is 1. The van der Waals surface area contributed by atoms with Gasteiger partial charge in [-0.3, -0.25) is 4.99 Å². The number of nitrogens with one attached hydrogen (secondary N) is 1. The highest BCUT2D eigenvalue weighted by atomic mass is 16.5. The third kappa shape index (κ3) is 7.81. The molecular formula is C18H35N3O3. The van der Waals surface area contributed by atoms with Crippen LogP contribution in [0.3, 0.4) is 0 Å². The van der Waals surface area contributed by atoms with E-state index in [1.165, 1.54) is 12.8 Å². The van der Waals surface area contributed by atoms with Gasteiger partial charge in [0.2, 0.25) is 0 Å². The zero-order valence-corrected chi connectivity index (χ0v) is 15.5. The molecule has 1 saturated carbocycles. The van der Waals surface area contributed by atoms with Crippen LogP contribution < -0.4 is 5.32 Å². The predicted octanol–water partition coefficient (Wildman–Crippen LogP) is 1.90. The minimum absolute atomic E-state index is 0.378. The number of aliphatic imine (C=N–C) groups is 1. The fourth-order valence-corrected chi connectivity index (χ4v) is 2.86. The molecule has 1 saturated heterocycles. The van der Waals surface area contributed by atoms with Gasteiger partial charge in [-0.1, -0.05) is 0 Å². The van der Waals surface area contributed by atoms with Crippen molar-refractivity contribution in [1.82, 2.24) is 10.2 Å². The molecule has 1 aliphatic heterocycles. The average Bonchev–Trinajstić information content (AvgIpc) is 3.42. The van der Waals surface area contributed by atoms with Crippen LogP contribution in [-0.4, -0.2) is 76.7 Å². The van der Waals surface area contributed by atoms with Crippen LogP contribution in [0.4, 0.5) is 0 Å². The molecule has 0 aromatic carbocycles. The molecule has 2 aliphatic rings. The van der Waals surface area contributed by atoms with Crippen molar-refractivity contribution in [2.75, 3.05) is 59.7 Å². The van der Waals surface area contributed by atoms with Gasteiger partial charge in [-0.05, 0) is 44.9 Å². The summed E-state index contributed by atoms with van der Waals surface area (Å²) in [4.78, 5) is 7.06. The van der Waals surface area contributed by atoms with Crippen LogP contribution in [-0.2, 0) is 14.2 Å². The van der Waals surface area contributed by atoms with Crippen molar-refractivity contribution < 1.29 is 14.2 Å². The normalized spacial score (nSPS) is 19.8. The molecule has 0 atom stereocenters. The highest BCUT2D eigenvalue weighted by molar-refractivity contribution is 5.80. The second-order valence-electron chi connectivity index (χ2n) is 6.66. The maximum atomic E-state index is 5.93. The van der Waals surface area contributed by atoms with Gasteiger partial charge in [0.1, 0.15) is 0 Å². The Labute approximate surface area is 146 Å². The van der Waals surface area contributed by atoms with Gasteiger partial charge in [-0.2, -0.15) is 0 Å². The number of ether oxygens (including phenoxy) is 3. The number of likely N-dealkylation sites (tertiary alicyclic amines) is 1. The Hall–Kier alpha value is -0.850. The van der Waals surface area contributed by atoms with E-state index in [2.05, 4.69) is 17.1 Å². The molecule has 24 heavy (non-hydrogen) atoms. The minimum Gasteiger partial charge on any atom is -0.385 e. The maximum Gasteiger partial charge on any atom is 0.193 e. The second-order valence-corrected chi connectivity index (χ2v) is 6.66. The summed E-state index contributed by atoms with van der Waals surface area (Å²) < 4.78 is 16.7. The molecular weight excluding hydrogens is 306 g/mol. The van der Waals surface area contributed by atoms with Gasteiger partial charge in [0.25, 0.3) is 0 Å². The van der Waals surface area contributed by atoms with Gasteiger partial charge in [-0.25, -0.2) is 0 Å². The summed E-state index contributed by atoms with van der Waals surface area (Å²) in [5.74, 6) is 1.84. The topological polar surface area (TPSA) is 55.3 Å². The van der Waals surface area contributed by atoms with Gasteiger partial charge >= 0.3 is 0 Å². The highest BCUT2D eigenvalue weighted by Gasteiger charge is 2.22. The van der Waals surface area contributed by atoms with E-state index in [1.54, 1.807) is 7.11 Å². The van der Waals surface area contributed by atoms with Crippen molar-refractivity contribution in [1.29, 1.82) is 0 Å². The highest BCUT2D eigenvalue weighted by Crippen LogP contribution is 2.28. The van der Waals surface area contributed by atoms with Crippen molar-refractivity contribution in [3.8, 4) is 0 Å². The molecule has 6 nitrogen and oxygen atoms in total. The van der Waals surface area contributed by atoms with E-state index in [0.717, 1.165) is 83.7 Å². The first kappa shape index (κ1) is 19.5. The zero-order chi connectivity index (χ0) is 17.0. The summed E-state index contributed by atoms with van der Waals surface area (Å²) in [5.41, 5.74) is 0. The Morgan fingerprint density at radius 2 is 1.92 bits per heavy atom. The van der Waals surface area contributed by atoms with Crippen molar-refractivity contribution in [3.63, 3.8) is 0 Å². The van der Waals surface area contributed by atoms with Gasteiger partial charge in [0.15, 0.2) is 5.96 Å². The van der Waals surface area contributed by atoms with Crippen molar-refractivity contribution >= 4 is 5.96 Å². The Kier molecular flexibility index (Phi) is 9.46. The van der Waals surface area contributed by atoms with Crippen LogP contribution in [0.2, 0.25) is 0 Å². The standard InChI is InChI=1S/C18H35N3O3/c1-3-19-18(20-9-14-23-15-16-5-6-16)21-10-7-17(8-11-21)24-13-4-12-22-2/h16-17H,3-15H2,1-2H3,(H,19,20). The third-order valence-electron chi connectivity index (χ3n) is 4.47. The summed E-state index contributed by atoms with van der Waals surface area (Å²) in [5, 5.41) is 3.40. The molecule has 0 unspecified atom stereocenters. The van der Waals surface area contributed by atoms with E-state index in [1.807, 2.05) is 0 Å². The molecule has 2 rings (SSSR count). The summed E-state index contributed by atoms with van der Waals surface area (Å²) in [6.45, 7) is 8.97. The summed E-state index contributed by atoms with van der Waals surface area (Å²) in [6.07, 6.45) is 6.16. The van der Waals surface area contributed by atoms with Crippen LogP contribution in [0.1, 0.15) is 39.0 Å². The first-order chi connectivity index (χ1) is 11.8. The smallest absolute Gasteiger partial charge is 0.193 e. The summed E-state index contributed by atoms with van der Waals surface area (Å²) >= 11 is 0. The molecule has 6 heteroatoms. The quantitative estimate of drug-likeness (QED) is 0.353. The lowest BCUT2D eigenvalue weighted by Crippen LogP contribution is -2.47. The van der Waals surface area contributed by atoms with Crippen molar-refractivity contribution in [3.05, 3.63) is 0 Å². The SMILES string of the molecule is CCNC(=NCCOCC1CC1)N1CCC(OCCCOC)CC1. The molecule has 0 bridgehead atoms. The molecule has 0 radical (unpaired) electrons. The van der Waals surface area contributed by atoms with E-state index in [9.17, 15) is 0 Å². The number of piperidine rings is 1. The van der Waals surface area contributed by atoms with E-state index in [-0.39, 0.29) is 0 Å². The lowest BCUT2D eigenvalue weighted by molar-refractivity contribution is 0.00988.